The maximum Gasteiger partial charge on any atom is 0.164 e. The SMILES string of the molecule is Cn1cnc(CNCc2cc3ccccc3o2)n1. The molecule has 0 bridgehead atoms. The van der Waals surface area contributed by atoms with Gasteiger partial charge in [-0.3, -0.25) is 4.68 Å². The Labute approximate surface area is 104 Å². The van der Waals surface area contributed by atoms with Crippen LogP contribution in [-0.2, 0) is 20.1 Å². The lowest BCUT2D eigenvalue weighted by Gasteiger charge is -1.97. The summed E-state index contributed by atoms with van der Waals surface area (Å²) in [6.45, 7) is 1.31. The zero-order valence-electron chi connectivity index (χ0n) is 10.1. The number of nitrogens with one attached hydrogen (secondary N) is 1. The zero-order chi connectivity index (χ0) is 12.4. The summed E-state index contributed by atoms with van der Waals surface area (Å²) >= 11 is 0. The lowest BCUT2D eigenvalue weighted by atomic mass is 10.2. The smallest absolute Gasteiger partial charge is 0.164 e. The fourth-order valence-corrected chi connectivity index (χ4v) is 1.89. The molecule has 5 nitrogen and oxygen atoms in total. The fourth-order valence-electron chi connectivity index (χ4n) is 1.89. The molecule has 0 amide bonds. The van der Waals surface area contributed by atoms with Crippen molar-refractivity contribution in [2.75, 3.05) is 0 Å². The van der Waals surface area contributed by atoms with Crippen LogP contribution in [0.5, 0.6) is 0 Å². The highest BCUT2D eigenvalue weighted by Gasteiger charge is 2.03. The third-order valence-electron chi connectivity index (χ3n) is 2.71. The molecule has 0 unspecified atom stereocenters. The number of aromatic nitrogens is 3. The summed E-state index contributed by atoms with van der Waals surface area (Å²) in [7, 11) is 1.86. The molecule has 3 rings (SSSR count). The second-order valence-electron chi connectivity index (χ2n) is 4.19. The van der Waals surface area contributed by atoms with Gasteiger partial charge in [-0.15, -0.1) is 0 Å². The number of hydrogen-bond donors (Lipinski definition) is 1. The number of benzene rings is 1. The van der Waals surface area contributed by atoms with Crippen molar-refractivity contribution in [1.82, 2.24) is 20.1 Å². The Hall–Kier alpha value is -2.14. The minimum atomic E-state index is 0.637. The summed E-state index contributed by atoms with van der Waals surface area (Å²) < 4.78 is 7.40. The van der Waals surface area contributed by atoms with Gasteiger partial charge in [-0.1, -0.05) is 18.2 Å². The van der Waals surface area contributed by atoms with Crippen LogP contribution in [-0.4, -0.2) is 14.8 Å². The predicted octanol–water partition coefficient (Wildman–Crippen LogP) is 1.85. The molecule has 0 saturated carbocycles. The van der Waals surface area contributed by atoms with Crippen LogP contribution in [0, 0.1) is 0 Å². The van der Waals surface area contributed by atoms with Crippen molar-refractivity contribution in [3.63, 3.8) is 0 Å². The van der Waals surface area contributed by atoms with E-state index < -0.39 is 0 Å². The van der Waals surface area contributed by atoms with Crippen LogP contribution in [0.15, 0.2) is 41.1 Å². The molecule has 0 atom stereocenters. The van der Waals surface area contributed by atoms with Crippen LogP contribution in [0.4, 0.5) is 0 Å². The van der Waals surface area contributed by atoms with E-state index in [0.29, 0.717) is 13.1 Å². The molecule has 0 aliphatic heterocycles. The van der Waals surface area contributed by atoms with Crippen LogP contribution in [0.2, 0.25) is 0 Å². The van der Waals surface area contributed by atoms with E-state index in [-0.39, 0.29) is 0 Å². The molecule has 92 valence electrons. The molecule has 1 N–H and O–H groups in total. The fraction of sp³-hybridized carbons (Fsp3) is 0.231. The lowest BCUT2D eigenvalue weighted by Crippen LogP contribution is -2.13. The summed E-state index contributed by atoms with van der Waals surface area (Å²) in [5.41, 5.74) is 0.922. The van der Waals surface area contributed by atoms with Gasteiger partial charge in [-0.2, -0.15) is 5.10 Å². The molecule has 2 heterocycles. The maximum absolute atomic E-state index is 5.70. The molecule has 18 heavy (non-hydrogen) atoms. The second kappa shape index (κ2) is 4.62. The number of rotatable bonds is 4. The number of furan rings is 1. The van der Waals surface area contributed by atoms with Crippen LogP contribution in [0.3, 0.4) is 0 Å². The van der Waals surface area contributed by atoms with E-state index in [1.807, 2.05) is 37.4 Å². The van der Waals surface area contributed by atoms with Crippen molar-refractivity contribution in [3.8, 4) is 0 Å². The van der Waals surface area contributed by atoms with Gasteiger partial charge in [0.1, 0.15) is 17.7 Å². The Bertz CT molecular complexity index is 623. The van der Waals surface area contributed by atoms with E-state index in [2.05, 4.69) is 15.4 Å². The second-order valence-corrected chi connectivity index (χ2v) is 4.19. The molecule has 0 radical (unpaired) electrons. The lowest BCUT2D eigenvalue weighted by molar-refractivity contribution is 0.509. The Morgan fingerprint density at radius 1 is 1.28 bits per heavy atom. The molecule has 0 fully saturated rings. The molecule has 3 aromatic rings. The van der Waals surface area contributed by atoms with Crippen molar-refractivity contribution < 1.29 is 4.42 Å². The van der Waals surface area contributed by atoms with Crippen LogP contribution < -0.4 is 5.32 Å². The Morgan fingerprint density at radius 3 is 2.94 bits per heavy atom. The molecule has 5 heteroatoms. The topological polar surface area (TPSA) is 55.9 Å². The first-order valence-electron chi connectivity index (χ1n) is 5.84. The highest BCUT2D eigenvalue weighted by molar-refractivity contribution is 5.77. The number of nitrogens with zero attached hydrogens (tertiary/aromatic N) is 3. The average Bonchev–Trinajstić information content (AvgIpc) is 2.95. The minimum absolute atomic E-state index is 0.637. The first kappa shape index (κ1) is 11.0. The maximum atomic E-state index is 5.70. The van der Waals surface area contributed by atoms with Gasteiger partial charge in [0.05, 0.1) is 13.1 Å². The first-order valence-corrected chi connectivity index (χ1v) is 5.84. The molecule has 0 aliphatic rings. The van der Waals surface area contributed by atoms with Gasteiger partial charge in [0.15, 0.2) is 5.82 Å². The van der Waals surface area contributed by atoms with Crippen molar-refractivity contribution in [3.05, 3.63) is 48.2 Å². The predicted molar refractivity (Wildman–Crippen MR) is 67.8 cm³/mol. The number of hydrogen-bond acceptors (Lipinski definition) is 4. The van der Waals surface area contributed by atoms with Gasteiger partial charge < -0.3 is 9.73 Å². The largest absolute Gasteiger partial charge is 0.460 e. The summed E-state index contributed by atoms with van der Waals surface area (Å²) in [4.78, 5) is 4.15. The van der Waals surface area contributed by atoms with E-state index >= 15 is 0 Å². The van der Waals surface area contributed by atoms with Gasteiger partial charge in [0, 0.05) is 12.4 Å². The highest BCUT2D eigenvalue weighted by Crippen LogP contribution is 2.18. The Kier molecular flexibility index (Phi) is 2.82. The van der Waals surface area contributed by atoms with Gasteiger partial charge >= 0.3 is 0 Å². The van der Waals surface area contributed by atoms with Crippen molar-refractivity contribution in [2.24, 2.45) is 7.05 Å². The Morgan fingerprint density at radius 2 is 2.17 bits per heavy atom. The third-order valence-corrected chi connectivity index (χ3v) is 2.71. The van der Waals surface area contributed by atoms with Crippen molar-refractivity contribution in [1.29, 1.82) is 0 Å². The monoisotopic (exact) mass is 242 g/mol. The summed E-state index contributed by atoms with van der Waals surface area (Å²) in [6, 6.07) is 10.0. The van der Waals surface area contributed by atoms with Gasteiger partial charge in [0.25, 0.3) is 0 Å². The first-order chi connectivity index (χ1) is 8.81. The zero-order valence-corrected chi connectivity index (χ0v) is 10.1. The molecular weight excluding hydrogens is 228 g/mol. The average molecular weight is 242 g/mol. The van der Waals surface area contributed by atoms with Gasteiger partial charge in [-0.05, 0) is 12.1 Å². The van der Waals surface area contributed by atoms with E-state index in [4.69, 9.17) is 4.42 Å². The minimum Gasteiger partial charge on any atom is -0.460 e. The standard InChI is InChI=1S/C13H14N4O/c1-17-9-15-13(16-17)8-14-7-11-6-10-4-2-3-5-12(10)18-11/h2-6,9,14H,7-8H2,1H3. The van der Waals surface area contributed by atoms with E-state index in [1.165, 1.54) is 0 Å². The van der Waals surface area contributed by atoms with Crippen LogP contribution >= 0.6 is 0 Å². The van der Waals surface area contributed by atoms with Gasteiger partial charge in [0.2, 0.25) is 0 Å². The highest BCUT2D eigenvalue weighted by atomic mass is 16.3. The van der Waals surface area contributed by atoms with E-state index in [0.717, 1.165) is 22.6 Å². The summed E-state index contributed by atoms with van der Waals surface area (Å²) in [6.07, 6.45) is 1.69. The van der Waals surface area contributed by atoms with Gasteiger partial charge in [-0.25, -0.2) is 4.98 Å². The summed E-state index contributed by atoms with van der Waals surface area (Å²) in [5, 5.41) is 8.59. The third kappa shape index (κ3) is 2.26. The molecule has 0 spiro atoms. The normalized spacial score (nSPS) is 11.2. The number of fused-ring (bicyclic) bond motifs is 1. The molecular formula is C13H14N4O. The van der Waals surface area contributed by atoms with Crippen LogP contribution in [0.25, 0.3) is 11.0 Å². The molecule has 0 saturated heterocycles. The summed E-state index contributed by atoms with van der Waals surface area (Å²) in [5.74, 6) is 1.71. The van der Waals surface area contributed by atoms with E-state index in [1.54, 1.807) is 11.0 Å². The number of para-hydroxylation sites is 1. The van der Waals surface area contributed by atoms with Crippen molar-refractivity contribution in [2.45, 2.75) is 13.1 Å². The van der Waals surface area contributed by atoms with E-state index in [9.17, 15) is 0 Å². The number of aryl methyl sites for hydroxylation is 1. The molecule has 0 aliphatic carbocycles. The molecule has 1 aromatic carbocycles. The van der Waals surface area contributed by atoms with Crippen LogP contribution in [0.1, 0.15) is 11.6 Å². The van der Waals surface area contributed by atoms with Crippen molar-refractivity contribution >= 4 is 11.0 Å². The molecule has 2 aromatic heterocycles. The Balaban J connectivity index is 1.62. The quantitative estimate of drug-likeness (QED) is 0.758.